The van der Waals surface area contributed by atoms with Crippen LogP contribution in [-0.4, -0.2) is 27.5 Å². The Bertz CT molecular complexity index is 469. The molecule has 1 aliphatic heterocycles. The van der Waals surface area contributed by atoms with Crippen LogP contribution in [0.2, 0.25) is 0 Å². The van der Waals surface area contributed by atoms with Gasteiger partial charge in [0.1, 0.15) is 0 Å². The van der Waals surface area contributed by atoms with Crippen LogP contribution in [0.3, 0.4) is 0 Å². The molecule has 1 heterocycles. The number of hydrogen-bond acceptors (Lipinski definition) is 3. The van der Waals surface area contributed by atoms with Gasteiger partial charge in [-0.1, -0.05) is 30.3 Å². The fourth-order valence-corrected chi connectivity index (χ4v) is 3.39. The molecular weight excluding hydrogens is 262 g/mol. The Morgan fingerprint density at radius 1 is 1.37 bits per heavy atom. The van der Waals surface area contributed by atoms with Gasteiger partial charge in [-0.3, -0.25) is 4.79 Å². The van der Waals surface area contributed by atoms with Crippen LogP contribution >= 0.6 is 11.8 Å². The average Bonchev–Trinajstić information content (AvgIpc) is 2.84. The summed E-state index contributed by atoms with van der Waals surface area (Å²) in [4.78, 5) is 23.6. The van der Waals surface area contributed by atoms with E-state index in [0.29, 0.717) is 5.56 Å². The lowest BCUT2D eigenvalue weighted by atomic mass is 10.0. The highest BCUT2D eigenvalue weighted by molar-refractivity contribution is 8.01. The Morgan fingerprint density at radius 2 is 2.05 bits per heavy atom. The van der Waals surface area contributed by atoms with Gasteiger partial charge >= 0.3 is 5.97 Å². The molecule has 0 spiro atoms. The van der Waals surface area contributed by atoms with Crippen molar-refractivity contribution >= 4 is 23.6 Å². The fourth-order valence-electron chi connectivity index (χ4n) is 2.18. The van der Waals surface area contributed by atoms with E-state index in [1.165, 1.54) is 0 Å². The number of hydrogen-bond donors (Lipinski definition) is 2. The molecule has 2 rings (SSSR count). The van der Waals surface area contributed by atoms with E-state index in [9.17, 15) is 14.7 Å². The molecule has 1 saturated heterocycles. The Kier molecular flexibility index (Phi) is 4.14. The van der Waals surface area contributed by atoms with E-state index in [0.717, 1.165) is 18.6 Å². The predicted molar refractivity (Wildman–Crippen MR) is 75.1 cm³/mol. The van der Waals surface area contributed by atoms with Gasteiger partial charge in [0.25, 0.3) is 0 Å². The van der Waals surface area contributed by atoms with Crippen molar-refractivity contribution in [1.82, 2.24) is 5.32 Å². The van der Waals surface area contributed by atoms with Gasteiger partial charge in [-0.25, -0.2) is 4.79 Å². The molecule has 1 aromatic carbocycles. The monoisotopic (exact) mass is 279 g/mol. The van der Waals surface area contributed by atoms with Crippen molar-refractivity contribution in [1.29, 1.82) is 0 Å². The largest absolute Gasteiger partial charge is 0.479 e. The second kappa shape index (κ2) is 5.65. The molecule has 0 saturated carbocycles. The summed E-state index contributed by atoms with van der Waals surface area (Å²) < 4.78 is -0.498. The van der Waals surface area contributed by atoms with Crippen LogP contribution in [0.25, 0.3) is 0 Å². The number of rotatable bonds is 4. The second-order valence-corrected chi connectivity index (χ2v) is 6.44. The molecule has 0 radical (unpaired) electrons. The summed E-state index contributed by atoms with van der Waals surface area (Å²) in [5.41, 5.74) is 0.593. The molecule has 4 nitrogen and oxygen atoms in total. The minimum atomic E-state index is -1.04. The molecule has 2 unspecified atom stereocenters. The zero-order valence-electron chi connectivity index (χ0n) is 10.8. The highest BCUT2D eigenvalue weighted by Crippen LogP contribution is 2.38. The Hall–Kier alpha value is -1.49. The summed E-state index contributed by atoms with van der Waals surface area (Å²) in [6.07, 6.45) is 1.79. The van der Waals surface area contributed by atoms with E-state index >= 15 is 0 Å². The topological polar surface area (TPSA) is 66.4 Å². The highest BCUT2D eigenvalue weighted by atomic mass is 32.2. The molecule has 5 heteroatoms. The van der Waals surface area contributed by atoms with Gasteiger partial charge in [0.2, 0.25) is 5.91 Å². The number of carbonyl (C=O) groups excluding carboxylic acids is 1. The molecule has 19 heavy (non-hydrogen) atoms. The highest BCUT2D eigenvalue weighted by Gasteiger charge is 2.39. The van der Waals surface area contributed by atoms with Crippen molar-refractivity contribution in [2.24, 2.45) is 0 Å². The van der Waals surface area contributed by atoms with E-state index in [1.807, 2.05) is 13.0 Å². The van der Waals surface area contributed by atoms with Gasteiger partial charge in [0.05, 0.1) is 4.75 Å². The number of benzene rings is 1. The maximum atomic E-state index is 12.3. The summed E-state index contributed by atoms with van der Waals surface area (Å²) in [6, 6.07) is 7.80. The van der Waals surface area contributed by atoms with Gasteiger partial charge in [0, 0.05) is 0 Å². The van der Waals surface area contributed by atoms with Gasteiger partial charge < -0.3 is 10.4 Å². The maximum Gasteiger partial charge on any atom is 0.330 e. The van der Waals surface area contributed by atoms with E-state index < -0.39 is 16.8 Å². The predicted octanol–water partition coefficient (Wildman–Crippen LogP) is 2.21. The molecule has 1 amide bonds. The molecule has 0 aromatic heterocycles. The van der Waals surface area contributed by atoms with Gasteiger partial charge in [-0.15, -0.1) is 11.8 Å². The number of aliphatic carboxylic acids is 1. The van der Waals surface area contributed by atoms with Crippen molar-refractivity contribution in [2.45, 2.75) is 30.6 Å². The Morgan fingerprint density at radius 3 is 2.58 bits per heavy atom. The SMILES string of the molecule is CC1(C(=O)NC(C(=O)O)c2ccccc2)CCCS1. The molecule has 1 fully saturated rings. The molecule has 1 aromatic rings. The van der Waals surface area contributed by atoms with E-state index in [4.69, 9.17) is 0 Å². The average molecular weight is 279 g/mol. The number of carbonyl (C=O) groups is 2. The third-order valence-electron chi connectivity index (χ3n) is 3.35. The first kappa shape index (κ1) is 13.9. The Labute approximate surface area is 116 Å². The number of carboxylic acids is 1. The lowest BCUT2D eigenvalue weighted by Crippen LogP contribution is -2.44. The summed E-state index contributed by atoms with van der Waals surface area (Å²) in [5, 5.41) is 11.9. The maximum absolute atomic E-state index is 12.3. The van der Waals surface area contributed by atoms with Crippen LogP contribution in [0, 0.1) is 0 Å². The van der Waals surface area contributed by atoms with Crippen LogP contribution < -0.4 is 5.32 Å². The van der Waals surface area contributed by atoms with Crippen molar-refractivity contribution < 1.29 is 14.7 Å². The zero-order chi connectivity index (χ0) is 13.9. The van der Waals surface area contributed by atoms with Crippen LogP contribution in [0.5, 0.6) is 0 Å². The minimum absolute atomic E-state index is 0.189. The summed E-state index contributed by atoms with van der Waals surface area (Å²) in [6.45, 7) is 1.88. The third kappa shape index (κ3) is 3.10. The number of thioether (sulfide) groups is 1. The van der Waals surface area contributed by atoms with Gasteiger partial charge in [0.15, 0.2) is 6.04 Å². The van der Waals surface area contributed by atoms with Crippen LogP contribution in [0.15, 0.2) is 30.3 Å². The zero-order valence-corrected chi connectivity index (χ0v) is 11.6. The van der Waals surface area contributed by atoms with Gasteiger partial charge in [-0.2, -0.15) is 0 Å². The Balaban J connectivity index is 2.14. The van der Waals surface area contributed by atoms with E-state index in [2.05, 4.69) is 5.32 Å². The molecule has 2 atom stereocenters. The molecule has 2 N–H and O–H groups in total. The van der Waals surface area contributed by atoms with Crippen LogP contribution in [0.1, 0.15) is 31.4 Å². The van der Waals surface area contributed by atoms with Gasteiger partial charge in [-0.05, 0) is 31.1 Å². The number of carboxylic acid groups (broad SMARTS) is 1. The molecule has 102 valence electrons. The second-order valence-electron chi connectivity index (χ2n) is 4.84. The number of amides is 1. The molecular formula is C14H17NO3S. The third-order valence-corrected chi connectivity index (χ3v) is 4.87. The lowest BCUT2D eigenvalue weighted by Gasteiger charge is -2.24. The summed E-state index contributed by atoms with van der Waals surface area (Å²) >= 11 is 1.60. The molecule has 0 bridgehead atoms. The first-order valence-electron chi connectivity index (χ1n) is 6.25. The van der Waals surface area contributed by atoms with E-state index in [1.54, 1.807) is 36.0 Å². The van der Waals surface area contributed by atoms with Crippen LogP contribution in [0.4, 0.5) is 0 Å². The smallest absolute Gasteiger partial charge is 0.330 e. The van der Waals surface area contributed by atoms with Crippen molar-refractivity contribution in [3.05, 3.63) is 35.9 Å². The first-order valence-corrected chi connectivity index (χ1v) is 7.24. The normalized spacial score (nSPS) is 23.8. The number of nitrogens with one attached hydrogen (secondary N) is 1. The van der Waals surface area contributed by atoms with Crippen molar-refractivity contribution in [3.63, 3.8) is 0 Å². The van der Waals surface area contributed by atoms with Crippen LogP contribution in [-0.2, 0) is 9.59 Å². The molecule has 1 aliphatic rings. The summed E-state index contributed by atoms with van der Waals surface area (Å²) in [7, 11) is 0. The van der Waals surface area contributed by atoms with Crippen molar-refractivity contribution in [2.75, 3.05) is 5.75 Å². The van der Waals surface area contributed by atoms with E-state index in [-0.39, 0.29) is 5.91 Å². The van der Waals surface area contributed by atoms with Crippen molar-refractivity contribution in [3.8, 4) is 0 Å². The quantitative estimate of drug-likeness (QED) is 0.887. The summed E-state index contributed by atoms with van der Waals surface area (Å²) in [5.74, 6) is -0.273. The standard InChI is InChI=1S/C14H17NO3S/c1-14(8-5-9-19-14)13(18)15-11(12(16)17)10-6-3-2-4-7-10/h2-4,6-7,11H,5,8-9H2,1H3,(H,15,18)(H,16,17). The first-order chi connectivity index (χ1) is 9.03. The molecule has 0 aliphatic carbocycles. The fraction of sp³-hybridized carbons (Fsp3) is 0.429. The lowest BCUT2D eigenvalue weighted by molar-refractivity contribution is -0.142. The minimum Gasteiger partial charge on any atom is -0.479 e.